The van der Waals surface area contributed by atoms with Crippen LogP contribution in [0.25, 0.3) is 0 Å². The Morgan fingerprint density at radius 1 is 1.16 bits per heavy atom. The Bertz CT molecular complexity index is 1470. The fourth-order valence-electron chi connectivity index (χ4n) is 4.06. The molecule has 1 aromatic heterocycles. The Labute approximate surface area is 239 Å². The molecule has 2 unspecified atom stereocenters. The van der Waals surface area contributed by atoms with Crippen molar-refractivity contribution >= 4 is 72.1 Å². The lowest BCUT2D eigenvalue weighted by atomic mass is 10.0. The third kappa shape index (κ3) is 6.18. The van der Waals surface area contributed by atoms with Crippen LogP contribution in [0.15, 0.2) is 74.3 Å². The molecule has 0 fully saturated rings. The molecule has 0 saturated heterocycles. The van der Waals surface area contributed by atoms with E-state index in [2.05, 4.69) is 31.0 Å². The zero-order valence-electron chi connectivity index (χ0n) is 20.8. The number of nitrogens with one attached hydrogen (secondary N) is 2. The molecule has 0 radical (unpaired) electrons. The van der Waals surface area contributed by atoms with Crippen molar-refractivity contribution in [2.24, 2.45) is 10.9 Å². The standard InChI is InChI=1S/C26H26BrClN4O4S2/c1-15(2)13-19(31-38(35,36)21-14-18(27)23(28)37-21)25(33)30-24-26(34)32(3)20-12-8-7-11-17(20)22(29-24)16-9-5-4-6-10-16/h4-12,14-15,19,24,31H,13H2,1-3H3,(H,30,33). The number of para-hydroxylation sites is 1. The maximum absolute atomic E-state index is 13.5. The van der Waals surface area contributed by atoms with Crippen molar-refractivity contribution in [3.63, 3.8) is 0 Å². The quantitative estimate of drug-likeness (QED) is 0.370. The van der Waals surface area contributed by atoms with Gasteiger partial charge in [-0.1, -0.05) is 74.0 Å². The van der Waals surface area contributed by atoms with E-state index >= 15 is 0 Å². The van der Waals surface area contributed by atoms with Crippen molar-refractivity contribution in [2.45, 2.75) is 36.7 Å². The van der Waals surface area contributed by atoms with E-state index in [1.54, 1.807) is 7.05 Å². The van der Waals surface area contributed by atoms with Crippen LogP contribution in [0.1, 0.15) is 31.4 Å². The van der Waals surface area contributed by atoms with Gasteiger partial charge in [-0.05, 0) is 40.4 Å². The number of likely N-dealkylation sites (N-methyl/N-ethyl adjacent to an activating group) is 1. The molecule has 38 heavy (non-hydrogen) atoms. The largest absolute Gasteiger partial charge is 0.325 e. The molecule has 2 aromatic carbocycles. The summed E-state index contributed by atoms with van der Waals surface area (Å²) in [5, 5.41) is 2.69. The third-order valence-corrected chi connectivity index (χ3v) is 10.3. The Kier molecular flexibility index (Phi) is 8.73. The number of anilines is 1. The molecule has 0 aliphatic carbocycles. The van der Waals surface area contributed by atoms with E-state index in [4.69, 9.17) is 11.6 Å². The molecule has 1 aliphatic heterocycles. The van der Waals surface area contributed by atoms with Gasteiger partial charge in [-0.25, -0.2) is 13.4 Å². The molecule has 0 bridgehead atoms. The van der Waals surface area contributed by atoms with Crippen LogP contribution >= 0.6 is 38.9 Å². The molecule has 1 aliphatic rings. The van der Waals surface area contributed by atoms with Crippen LogP contribution in [0.5, 0.6) is 0 Å². The fourth-order valence-corrected chi connectivity index (χ4v) is 7.59. The first-order valence-electron chi connectivity index (χ1n) is 11.8. The van der Waals surface area contributed by atoms with Gasteiger partial charge in [0, 0.05) is 22.6 Å². The first-order valence-corrected chi connectivity index (χ1v) is 15.2. The number of thiophene rings is 1. The Morgan fingerprint density at radius 2 is 1.82 bits per heavy atom. The molecule has 12 heteroatoms. The van der Waals surface area contributed by atoms with E-state index in [-0.39, 0.29) is 20.9 Å². The normalized spacial score (nSPS) is 16.6. The van der Waals surface area contributed by atoms with Crippen molar-refractivity contribution in [2.75, 3.05) is 11.9 Å². The number of hydrogen-bond donors (Lipinski definition) is 2. The summed E-state index contributed by atoms with van der Waals surface area (Å²) >= 11 is 10.1. The van der Waals surface area contributed by atoms with E-state index in [9.17, 15) is 18.0 Å². The van der Waals surface area contributed by atoms with Crippen LogP contribution in [0.4, 0.5) is 5.69 Å². The number of amides is 2. The number of sulfonamides is 1. The number of benzene rings is 2. The lowest BCUT2D eigenvalue weighted by molar-refractivity contribution is -0.128. The van der Waals surface area contributed by atoms with Crippen LogP contribution in [0, 0.1) is 5.92 Å². The van der Waals surface area contributed by atoms with Gasteiger partial charge in [0.15, 0.2) is 0 Å². The van der Waals surface area contributed by atoms with E-state index < -0.39 is 34.0 Å². The number of rotatable bonds is 8. The van der Waals surface area contributed by atoms with Crippen LogP contribution in [-0.2, 0) is 19.6 Å². The molecule has 0 spiro atoms. The van der Waals surface area contributed by atoms with Crippen LogP contribution in [-0.4, -0.2) is 45.2 Å². The van der Waals surface area contributed by atoms with Crippen LogP contribution in [0.2, 0.25) is 4.34 Å². The van der Waals surface area contributed by atoms with Gasteiger partial charge in [0.05, 0.1) is 11.4 Å². The number of aliphatic imine (C=N–C) groups is 1. The second kappa shape index (κ2) is 11.7. The maximum atomic E-state index is 13.5. The van der Waals surface area contributed by atoms with E-state index in [0.717, 1.165) is 22.5 Å². The second-order valence-electron chi connectivity index (χ2n) is 9.16. The van der Waals surface area contributed by atoms with Crippen LogP contribution < -0.4 is 14.9 Å². The highest BCUT2D eigenvalue weighted by atomic mass is 79.9. The first-order chi connectivity index (χ1) is 18.0. The summed E-state index contributed by atoms with van der Waals surface area (Å²) < 4.78 is 29.4. The molecule has 0 saturated carbocycles. The van der Waals surface area contributed by atoms with Gasteiger partial charge in [0.1, 0.15) is 14.6 Å². The number of nitrogens with zero attached hydrogens (tertiary/aromatic N) is 2. The van der Waals surface area contributed by atoms with Gasteiger partial charge in [-0.3, -0.25) is 9.59 Å². The highest BCUT2D eigenvalue weighted by molar-refractivity contribution is 9.10. The first kappa shape index (κ1) is 28.4. The molecule has 3 aromatic rings. The number of hydrogen-bond acceptors (Lipinski definition) is 6. The number of fused-ring (bicyclic) bond motifs is 1. The molecule has 2 heterocycles. The average Bonchev–Trinajstić information content (AvgIpc) is 3.19. The molecule has 4 rings (SSSR count). The van der Waals surface area contributed by atoms with Crippen molar-refractivity contribution < 1.29 is 18.0 Å². The summed E-state index contributed by atoms with van der Waals surface area (Å²) in [6, 6.07) is 17.0. The van der Waals surface area contributed by atoms with Crippen molar-refractivity contribution in [1.29, 1.82) is 0 Å². The molecule has 2 amide bonds. The summed E-state index contributed by atoms with van der Waals surface area (Å²) in [7, 11) is -2.44. The topological polar surface area (TPSA) is 108 Å². The lowest BCUT2D eigenvalue weighted by Crippen LogP contribution is -2.53. The SMILES string of the molecule is CC(C)CC(NS(=O)(=O)c1cc(Br)c(Cl)s1)C(=O)NC1N=C(c2ccccc2)c2ccccc2N(C)C1=O. The molecular weight excluding hydrogens is 612 g/mol. The summed E-state index contributed by atoms with van der Waals surface area (Å²) in [5.41, 5.74) is 2.72. The minimum atomic E-state index is -4.06. The maximum Gasteiger partial charge on any atom is 0.272 e. The molecule has 2 atom stereocenters. The predicted octanol–water partition coefficient (Wildman–Crippen LogP) is 4.81. The number of carbonyl (C=O) groups is 2. The number of carbonyl (C=O) groups excluding carboxylic acids is 2. The molecule has 8 nitrogen and oxygen atoms in total. The van der Waals surface area contributed by atoms with Crippen molar-refractivity contribution in [3.05, 3.63) is 80.6 Å². The Hall–Kier alpha value is -2.57. The second-order valence-corrected chi connectivity index (χ2v) is 13.6. The van der Waals surface area contributed by atoms with Crippen molar-refractivity contribution in [1.82, 2.24) is 10.0 Å². The van der Waals surface area contributed by atoms with Crippen molar-refractivity contribution in [3.8, 4) is 0 Å². The van der Waals surface area contributed by atoms with Gasteiger partial charge in [0.25, 0.3) is 15.9 Å². The lowest BCUT2D eigenvalue weighted by Gasteiger charge is -2.24. The summed E-state index contributed by atoms with van der Waals surface area (Å²) in [6.45, 7) is 3.75. The van der Waals surface area contributed by atoms with Gasteiger partial charge in [0.2, 0.25) is 12.1 Å². The number of benzodiazepines with no additional fused rings is 1. The highest BCUT2D eigenvalue weighted by Crippen LogP contribution is 2.34. The molecular formula is C26H26BrClN4O4S2. The monoisotopic (exact) mass is 636 g/mol. The average molecular weight is 638 g/mol. The van der Waals surface area contributed by atoms with E-state index in [0.29, 0.717) is 15.9 Å². The van der Waals surface area contributed by atoms with Gasteiger partial charge in [-0.15, -0.1) is 11.3 Å². The summed E-state index contributed by atoms with van der Waals surface area (Å²) in [6.07, 6.45) is -1.06. The number of halogens is 2. The summed E-state index contributed by atoms with van der Waals surface area (Å²) in [4.78, 5) is 33.1. The zero-order valence-corrected chi connectivity index (χ0v) is 24.8. The minimum absolute atomic E-state index is 0.0211. The minimum Gasteiger partial charge on any atom is -0.325 e. The third-order valence-electron chi connectivity index (χ3n) is 5.88. The van der Waals surface area contributed by atoms with Gasteiger partial charge >= 0.3 is 0 Å². The molecule has 200 valence electrons. The van der Waals surface area contributed by atoms with Gasteiger partial charge in [-0.2, -0.15) is 4.72 Å². The summed E-state index contributed by atoms with van der Waals surface area (Å²) in [5.74, 6) is -1.12. The highest BCUT2D eigenvalue weighted by Gasteiger charge is 2.34. The predicted molar refractivity (Wildman–Crippen MR) is 154 cm³/mol. The van der Waals surface area contributed by atoms with Crippen LogP contribution in [0.3, 0.4) is 0 Å². The smallest absolute Gasteiger partial charge is 0.272 e. The van der Waals surface area contributed by atoms with E-state index in [1.165, 1.54) is 11.0 Å². The fraction of sp³-hybridized carbons (Fsp3) is 0.269. The Balaban J connectivity index is 1.68. The van der Waals surface area contributed by atoms with Gasteiger partial charge < -0.3 is 10.2 Å². The van der Waals surface area contributed by atoms with E-state index in [1.807, 2.05) is 68.4 Å². The zero-order chi connectivity index (χ0) is 27.6. The molecule has 2 N–H and O–H groups in total. The Morgan fingerprint density at radius 3 is 2.45 bits per heavy atom.